The third-order valence-electron chi connectivity index (χ3n) is 2.27. The number of benzene rings is 1. The van der Waals surface area contributed by atoms with Gasteiger partial charge in [0.25, 0.3) is 0 Å². The van der Waals surface area contributed by atoms with Crippen LogP contribution in [0.2, 0.25) is 0 Å². The summed E-state index contributed by atoms with van der Waals surface area (Å²) in [6.07, 6.45) is 0. The number of hydrogen-bond acceptors (Lipinski definition) is 3. The zero-order valence-electron chi connectivity index (χ0n) is 8.87. The lowest BCUT2D eigenvalue weighted by molar-refractivity contribution is 0.242. The molecule has 0 fully saturated rings. The van der Waals surface area contributed by atoms with E-state index < -0.39 is 5.82 Å². The minimum atomic E-state index is -0.460. The van der Waals surface area contributed by atoms with Crippen LogP contribution in [0.5, 0.6) is 5.75 Å². The maximum absolute atomic E-state index is 12.7. The highest BCUT2D eigenvalue weighted by Crippen LogP contribution is 2.24. The summed E-state index contributed by atoms with van der Waals surface area (Å²) in [5, 5.41) is 21.4. The van der Waals surface area contributed by atoms with Gasteiger partial charge in [-0.2, -0.15) is 0 Å². The average Bonchev–Trinajstić information content (AvgIpc) is 2.17. The van der Waals surface area contributed by atoms with Gasteiger partial charge in [0.2, 0.25) is 0 Å². The van der Waals surface area contributed by atoms with E-state index in [-0.39, 0.29) is 24.4 Å². The Morgan fingerprint density at radius 2 is 2.07 bits per heavy atom. The molecule has 1 rings (SSSR count). The summed E-state index contributed by atoms with van der Waals surface area (Å²) in [4.78, 5) is 0. The minimum Gasteiger partial charge on any atom is -0.508 e. The van der Waals surface area contributed by atoms with Crippen molar-refractivity contribution in [3.05, 3.63) is 29.6 Å². The van der Waals surface area contributed by atoms with Crippen LogP contribution in [0.15, 0.2) is 18.2 Å². The second-order valence-electron chi connectivity index (χ2n) is 3.68. The van der Waals surface area contributed by atoms with Gasteiger partial charge in [-0.3, -0.25) is 0 Å². The molecule has 3 nitrogen and oxygen atoms in total. The molecule has 1 aromatic carbocycles. The van der Waals surface area contributed by atoms with Gasteiger partial charge >= 0.3 is 0 Å². The van der Waals surface area contributed by atoms with E-state index >= 15 is 0 Å². The van der Waals surface area contributed by atoms with E-state index in [1.165, 1.54) is 12.1 Å². The summed E-state index contributed by atoms with van der Waals surface area (Å²) in [6, 6.07) is 3.72. The molecule has 0 bridgehead atoms. The Hall–Kier alpha value is -1.13. The molecule has 0 saturated heterocycles. The van der Waals surface area contributed by atoms with Gasteiger partial charge in [-0.1, -0.05) is 6.07 Å². The number of phenolic OH excluding ortho intramolecular Hbond substituents is 1. The van der Waals surface area contributed by atoms with Gasteiger partial charge in [0, 0.05) is 23.7 Å². The number of nitrogens with one attached hydrogen (secondary N) is 1. The van der Waals surface area contributed by atoms with Gasteiger partial charge in [0.1, 0.15) is 11.6 Å². The fourth-order valence-electron chi connectivity index (χ4n) is 1.45. The Balaban J connectivity index is 2.77. The fraction of sp³-hybridized carbons (Fsp3) is 0.455. The summed E-state index contributed by atoms with van der Waals surface area (Å²) in [6.45, 7) is 3.70. The van der Waals surface area contributed by atoms with Crippen molar-refractivity contribution in [2.75, 3.05) is 6.61 Å². The van der Waals surface area contributed by atoms with Crippen molar-refractivity contribution in [3.8, 4) is 5.75 Å². The van der Waals surface area contributed by atoms with E-state index in [1.807, 2.05) is 13.8 Å². The van der Waals surface area contributed by atoms with Crippen LogP contribution in [0.1, 0.15) is 25.5 Å². The second-order valence-corrected chi connectivity index (χ2v) is 3.68. The maximum atomic E-state index is 12.7. The van der Waals surface area contributed by atoms with Gasteiger partial charge in [-0.15, -0.1) is 0 Å². The van der Waals surface area contributed by atoms with Crippen LogP contribution in [-0.2, 0) is 0 Å². The SMILES string of the molecule is CC(N[C@@H](C)CO)c1ccc(F)cc1O. The van der Waals surface area contributed by atoms with Gasteiger partial charge in [-0.25, -0.2) is 4.39 Å². The molecule has 15 heavy (non-hydrogen) atoms. The van der Waals surface area contributed by atoms with Crippen LogP contribution in [0, 0.1) is 5.82 Å². The number of aliphatic hydroxyl groups is 1. The van der Waals surface area contributed by atoms with Crippen LogP contribution in [0.3, 0.4) is 0 Å². The molecule has 0 aliphatic carbocycles. The largest absolute Gasteiger partial charge is 0.508 e. The summed E-state index contributed by atoms with van der Waals surface area (Å²) >= 11 is 0. The van der Waals surface area contributed by atoms with E-state index in [9.17, 15) is 9.50 Å². The quantitative estimate of drug-likeness (QED) is 0.711. The van der Waals surface area contributed by atoms with Gasteiger partial charge in [-0.05, 0) is 19.9 Å². The van der Waals surface area contributed by atoms with Gasteiger partial charge < -0.3 is 15.5 Å². The van der Waals surface area contributed by atoms with Crippen molar-refractivity contribution in [2.45, 2.75) is 25.9 Å². The highest BCUT2D eigenvalue weighted by Gasteiger charge is 2.12. The molecule has 0 aliphatic heterocycles. The first-order valence-corrected chi connectivity index (χ1v) is 4.90. The monoisotopic (exact) mass is 213 g/mol. The maximum Gasteiger partial charge on any atom is 0.126 e. The highest BCUT2D eigenvalue weighted by atomic mass is 19.1. The Kier molecular flexibility index (Phi) is 4.05. The standard InChI is InChI=1S/C11H16FNO2/c1-7(6-14)13-8(2)10-4-3-9(12)5-11(10)15/h3-5,7-8,13-15H,6H2,1-2H3/t7-,8?/m0/s1. The number of halogens is 1. The number of hydrogen-bond donors (Lipinski definition) is 3. The first-order chi connectivity index (χ1) is 7.04. The normalized spacial score (nSPS) is 14.9. The topological polar surface area (TPSA) is 52.5 Å². The molecule has 0 saturated carbocycles. The fourth-order valence-corrected chi connectivity index (χ4v) is 1.45. The molecule has 3 N–H and O–H groups in total. The third-order valence-corrected chi connectivity index (χ3v) is 2.27. The Morgan fingerprint density at radius 1 is 1.40 bits per heavy atom. The van der Waals surface area contributed by atoms with E-state index in [2.05, 4.69) is 5.32 Å². The van der Waals surface area contributed by atoms with Crippen LogP contribution >= 0.6 is 0 Å². The molecule has 0 aliphatic rings. The van der Waals surface area contributed by atoms with Crippen molar-refractivity contribution in [1.29, 1.82) is 0 Å². The summed E-state index contributed by atoms with van der Waals surface area (Å²) < 4.78 is 12.7. The summed E-state index contributed by atoms with van der Waals surface area (Å²) in [5.74, 6) is -0.529. The van der Waals surface area contributed by atoms with Crippen LogP contribution in [-0.4, -0.2) is 22.9 Å². The molecule has 0 radical (unpaired) electrons. The lowest BCUT2D eigenvalue weighted by atomic mass is 10.1. The van der Waals surface area contributed by atoms with Crippen molar-refractivity contribution >= 4 is 0 Å². The molecule has 0 heterocycles. The van der Waals surface area contributed by atoms with Crippen LogP contribution in [0.4, 0.5) is 4.39 Å². The Labute approximate surface area is 88.6 Å². The first-order valence-electron chi connectivity index (χ1n) is 4.90. The zero-order chi connectivity index (χ0) is 11.4. The van der Waals surface area contributed by atoms with Gasteiger partial charge in [0.05, 0.1) is 6.61 Å². The molecular weight excluding hydrogens is 197 g/mol. The second kappa shape index (κ2) is 5.09. The highest BCUT2D eigenvalue weighted by molar-refractivity contribution is 5.34. The average molecular weight is 213 g/mol. The van der Waals surface area contributed by atoms with E-state index in [1.54, 1.807) is 0 Å². The predicted octanol–water partition coefficient (Wildman–Crippen LogP) is 1.56. The van der Waals surface area contributed by atoms with Crippen molar-refractivity contribution < 1.29 is 14.6 Å². The molecule has 84 valence electrons. The molecule has 0 spiro atoms. The predicted molar refractivity (Wildman–Crippen MR) is 56.2 cm³/mol. The van der Waals surface area contributed by atoms with Crippen LogP contribution < -0.4 is 5.32 Å². The van der Waals surface area contributed by atoms with Crippen molar-refractivity contribution in [1.82, 2.24) is 5.32 Å². The Morgan fingerprint density at radius 3 is 2.60 bits per heavy atom. The number of phenols is 1. The number of rotatable bonds is 4. The minimum absolute atomic E-state index is 0.0201. The molecule has 1 unspecified atom stereocenters. The van der Waals surface area contributed by atoms with Crippen molar-refractivity contribution in [2.24, 2.45) is 0 Å². The molecule has 2 atom stereocenters. The number of aliphatic hydroxyl groups excluding tert-OH is 1. The summed E-state index contributed by atoms with van der Waals surface area (Å²) in [5.41, 5.74) is 0.622. The number of aromatic hydroxyl groups is 1. The molecule has 0 aromatic heterocycles. The molecule has 0 amide bonds. The third kappa shape index (κ3) is 3.18. The molecular formula is C11H16FNO2. The van der Waals surface area contributed by atoms with E-state index in [0.717, 1.165) is 6.07 Å². The van der Waals surface area contributed by atoms with Gasteiger partial charge in [0.15, 0.2) is 0 Å². The lowest BCUT2D eigenvalue weighted by Crippen LogP contribution is -2.31. The van der Waals surface area contributed by atoms with E-state index in [4.69, 9.17) is 5.11 Å². The first kappa shape index (κ1) is 11.9. The molecule has 4 heteroatoms. The lowest BCUT2D eigenvalue weighted by Gasteiger charge is -2.19. The molecule has 1 aromatic rings. The van der Waals surface area contributed by atoms with E-state index in [0.29, 0.717) is 5.56 Å². The zero-order valence-corrected chi connectivity index (χ0v) is 8.87. The van der Waals surface area contributed by atoms with Crippen molar-refractivity contribution in [3.63, 3.8) is 0 Å². The Bertz CT molecular complexity index is 330. The summed E-state index contributed by atoms with van der Waals surface area (Å²) in [7, 11) is 0. The van der Waals surface area contributed by atoms with Crippen LogP contribution in [0.25, 0.3) is 0 Å². The smallest absolute Gasteiger partial charge is 0.126 e.